The highest BCUT2D eigenvalue weighted by Crippen LogP contribution is 2.33. The second-order valence-corrected chi connectivity index (χ2v) is 7.51. The van der Waals surface area contributed by atoms with Crippen LogP contribution in [0.3, 0.4) is 0 Å². The van der Waals surface area contributed by atoms with Gasteiger partial charge in [0.05, 0.1) is 12.1 Å². The minimum absolute atomic E-state index is 0.160. The molecule has 0 aliphatic carbocycles. The number of rotatable bonds is 8. The van der Waals surface area contributed by atoms with Gasteiger partial charge in [-0.1, -0.05) is 18.2 Å². The summed E-state index contributed by atoms with van der Waals surface area (Å²) in [6.07, 6.45) is -3.10. The molecule has 1 aliphatic heterocycles. The average molecular weight is 461 g/mol. The normalized spacial score (nSPS) is 12.9. The molecule has 0 radical (unpaired) electrons. The monoisotopic (exact) mass is 461 g/mol. The van der Waals surface area contributed by atoms with Gasteiger partial charge in [-0.15, -0.1) is 0 Å². The zero-order valence-corrected chi connectivity index (χ0v) is 17.8. The Bertz CT molecular complexity index is 1110. The highest BCUT2D eigenvalue weighted by atomic mass is 19.4. The molecule has 0 atom stereocenters. The van der Waals surface area contributed by atoms with Gasteiger partial charge >= 0.3 is 6.18 Å². The summed E-state index contributed by atoms with van der Waals surface area (Å²) in [5, 5.41) is 2.66. The molecule has 2 aromatic carbocycles. The number of amides is 1. The lowest BCUT2D eigenvalue weighted by Crippen LogP contribution is -2.24. The van der Waals surface area contributed by atoms with Crippen molar-refractivity contribution >= 4 is 5.91 Å². The Morgan fingerprint density at radius 3 is 2.45 bits per heavy atom. The molecular weight excluding hydrogens is 439 g/mol. The molecule has 33 heavy (non-hydrogen) atoms. The highest BCUT2D eigenvalue weighted by molar-refractivity contribution is 5.91. The van der Waals surface area contributed by atoms with Gasteiger partial charge < -0.3 is 19.2 Å². The van der Waals surface area contributed by atoms with Crippen LogP contribution in [-0.4, -0.2) is 29.1 Å². The number of alkyl halides is 3. The fraction of sp³-hybridized carbons (Fsp3) is 0.304. The predicted octanol–water partition coefficient (Wildman–Crippen LogP) is 4.37. The first kappa shape index (κ1) is 22.7. The van der Waals surface area contributed by atoms with Crippen molar-refractivity contribution in [2.24, 2.45) is 0 Å². The molecule has 2 heterocycles. The molecule has 10 heteroatoms. The molecule has 0 spiro atoms. The number of fused-ring (bicyclic) bond motifs is 1. The van der Waals surface area contributed by atoms with Crippen molar-refractivity contribution in [3.8, 4) is 11.5 Å². The first-order valence-electron chi connectivity index (χ1n) is 10.3. The van der Waals surface area contributed by atoms with E-state index in [9.17, 15) is 18.0 Å². The van der Waals surface area contributed by atoms with Crippen LogP contribution in [0.1, 0.15) is 40.0 Å². The summed E-state index contributed by atoms with van der Waals surface area (Å²) in [7, 11) is 0. The van der Waals surface area contributed by atoms with E-state index in [2.05, 4.69) is 10.3 Å². The van der Waals surface area contributed by atoms with E-state index in [1.54, 1.807) is 6.92 Å². The number of nitrogens with zero attached hydrogens (tertiary/aromatic N) is 2. The van der Waals surface area contributed by atoms with Crippen molar-refractivity contribution in [1.82, 2.24) is 15.2 Å². The van der Waals surface area contributed by atoms with Crippen LogP contribution >= 0.6 is 0 Å². The Hall–Kier alpha value is -3.53. The number of oxazole rings is 1. The fourth-order valence-electron chi connectivity index (χ4n) is 3.45. The summed E-state index contributed by atoms with van der Waals surface area (Å²) in [6.45, 7) is 3.45. The van der Waals surface area contributed by atoms with Crippen LogP contribution in [0, 0.1) is 0 Å². The van der Waals surface area contributed by atoms with E-state index in [0.717, 1.165) is 17.7 Å². The van der Waals surface area contributed by atoms with E-state index >= 15 is 0 Å². The second-order valence-electron chi connectivity index (χ2n) is 7.51. The Morgan fingerprint density at radius 2 is 1.73 bits per heavy atom. The van der Waals surface area contributed by atoms with Gasteiger partial charge in [-0.25, -0.2) is 4.98 Å². The van der Waals surface area contributed by atoms with Crippen LogP contribution in [0.2, 0.25) is 0 Å². The highest BCUT2D eigenvalue weighted by Gasteiger charge is 2.30. The minimum atomic E-state index is -4.39. The van der Waals surface area contributed by atoms with Gasteiger partial charge in [0.2, 0.25) is 12.7 Å². The standard InChI is InChI=1S/C23H22F3N3O4/c1-2-27-22(30)18-13-31-21(28-18)12-29(10-15-3-6-17(7-4-15)23(24,25)26)11-16-5-8-19-20(9-16)33-14-32-19/h3-9,13H,2,10-12,14H2,1H3,(H,27,30). The van der Waals surface area contributed by atoms with Crippen LogP contribution < -0.4 is 14.8 Å². The lowest BCUT2D eigenvalue weighted by molar-refractivity contribution is -0.137. The third-order valence-corrected chi connectivity index (χ3v) is 5.01. The zero-order valence-electron chi connectivity index (χ0n) is 17.8. The molecule has 1 N–H and O–H groups in total. The lowest BCUT2D eigenvalue weighted by atomic mass is 10.1. The second kappa shape index (κ2) is 9.53. The maximum atomic E-state index is 12.9. The van der Waals surface area contributed by atoms with Gasteiger partial charge in [0.25, 0.3) is 5.91 Å². The molecule has 0 bridgehead atoms. The molecule has 1 aliphatic rings. The lowest BCUT2D eigenvalue weighted by Gasteiger charge is -2.21. The fourth-order valence-corrected chi connectivity index (χ4v) is 3.45. The number of aromatic nitrogens is 1. The third kappa shape index (κ3) is 5.64. The van der Waals surface area contributed by atoms with Gasteiger partial charge in [0.15, 0.2) is 17.2 Å². The number of nitrogens with one attached hydrogen (secondary N) is 1. The molecule has 0 saturated heterocycles. The van der Waals surface area contributed by atoms with Crippen molar-refractivity contribution in [1.29, 1.82) is 0 Å². The number of carbonyl (C=O) groups excluding carboxylic acids is 1. The van der Waals surface area contributed by atoms with E-state index in [1.165, 1.54) is 18.4 Å². The summed E-state index contributed by atoms with van der Waals surface area (Å²) in [5.41, 5.74) is 1.08. The van der Waals surface area contributed by atoms with Crippen molar-refractivity contribution in [2.45, 2.75) is 32.7 Å². The van der Waals surface area contributed by atoms with E-state index in [1.807, 2.05) is 23.1 Å². The SMILES string of the molecule is CCNC(=O)c1coc(CN(Cc2ccc(C(F)(F)F)cc2)Cc2ccc3c(c2)OCO3)n1. The van der Waals surface area contributed by atoms with Crippen molar-refractivity contribution in [3.63, 3.8) is 0 Å². The van der Waals surface area contributed by atoms with E-state index < -0.39 is 11.7 Å². The third-order valence-electron chi connectivity index (χ3n) is 5.01. The molecule has 0 saturated carbocycles. The van der Waals surface area contributed by atoms with Gasteiger partial charge in [-0.05, 0) is 42.3 Å². The van der Waals surface area contributed by atoms with Gasteiger partial charge in [-0.3, -0.25) is 9.69 Å². The van der Waals surface area contributed by atoms with Gasteiger partial charge in [0, 0.05) is 19.6 Å². The summed E-state index contributed by atoms with van der Waals surface area (Å²) in [6, 6.07) is 10.6. The van der Waals surface area contributed by atoms with Crippen LogP contribution in [0.4, 0.5) is 13.2 Å². The molecule has 0 fully saturated rings. The first-order valence-corrected chi connectivity index (χ1v) is 10.3. The predicted molar refractivity (Wildman–Crippen MR) is 111 cm³/mol. The Kier molecular flexibility index (Phi) is 6.55. The molecular formula is C23H22F3N3O4. The molecule has 1 amide bonds. The Morgan fingerprint density at radius 1 is 1.03 bits per heavy atom. The molecule has 174 valence electrons. The average Bonchev–Trinajstić information content (AvgIpc) is 3.43. The van der Waals surface area contributed by atoms with Gasteiger partial charge in [0.1, 0.15) is 6.26 Å². The van der Waals surface area contributed by atoms with Crippen molar-refractivity contribution in [3.05, 3.63) is 77.0 Å². The van der Waals surface area contributed by atoms with E-state index in [0.29, 0.717) is 42.6 Å². The summed E-state index contributed by atoms with van der Waals surface area (Å²) < 4.78 is 55.0. The quantitative estimate of drug-likeness (QED) is 0.537. The number of ether oxygens (including phenoxy) is 2. The summed E-state index contributed by atoms with van der Waals surface area (Å²) >= 11 is 0. The molecule has 3 aromatic rings. The number of benzene rings is 2. The van der Waals surface area contributed by atoms with Crippen LogP contribution in [0.15, 0.2) is 53.1 Å². The van der Waals surface area contributed by atoms with E-state index in [-0.39, 0.29) is 24.9 Å². The maximum absolute atomic E-state index is 12.9. The molecule has 4 rings (SSSR count). The summed E-state index contributed by atoms with van der Waals surface area (Å²) in [5.74, 6) is 1.28. The van der Waals surface area contributed by atoms with Crippen molar-refractivity contribution < 1.29 is 31.9 Å². The molecule has 1 aromatic heterocycles. The van der Waals surface area contributed by atoms with Crippen molar-refractivity contribution in [2.75, 3.05) is 13.3 Å². The van der Waals surface area contributed by atoms with Crippen LogP contribution in [0.5, 0.6) is 11.5 Å². The first-order chi connectivity index (χ1) is 15.8. The van der Waals surface area contributed by atoms with E-state index in [4.69, 9.17) is 13.9 Å². The smallest absolute Gasteiger partial charge is 0.416 e. The molecule has 7 nitrogen and oxygen atoms in total. The number of hydrogen-bond acceptors (Lipinski definition) is 6. The largest absolute Gasteiger partial charge is 0.454 e. The molecule has 0 unspecified atom stereocenters. The number of halogens is 3. The zero-order chi connectivity index (χ0) is 23.4. The Labute approximate surface area is 188 Å². The minimum Gasteiger partial charge on any atom is -0.454 e. The Balaban J connectivity index is 1.53. The van der Waals surface area contributed by atoms with Crippen LogP contribution in [-0.2, 0) is 25.8 Å². The van der Waals surface area contributed by atoms with Crippen LogP contribution in [0.25, 0.3) is 0 Å². The maximum Gasteiger partial charge on any atom is 0.416 e. The number of hydrogen-bond donors (Lipinski definition) is 1. The number of carbonyl (C=O) groups is 1. The topological polar surface area (TPSA) is 76.8 Å². The van der Waals surface area contributed by atoms with Gasteiger partial charge in [-0.2, -0.15) is 13.2 Å². The summed E-state index contributed by atoms with van der Waals surface area (Å²) in [4.78, 5) is 18.2.